The highest BCUT2D eigenvalue weighted by atomic mass is 16.5. The van der Waals surface area contributed by atoms with Crippen LogP contribution in [0, 0.1) is 5.92 Å². The van der Waals surface area contributed by atoms with E-state index in [1.54, 1.807) is 0 Å². The monoisotopic (exact) mass is 256 g/mol. The first-order valence-electron chi connectivity index (χ1n) is 7.22. The molecule has 0 amide bonds. The predicted molar refractivity (Wildman–Crippen MR) is 77.7 cm³/mol. The Morgan fingerprint density at radius 1 is 1.28 bits per heavy atom. The van der Waals surface area contributed by atoms with Crippen LogP contribution in [0.4, 0.5) is 0 Å². The number of ether oxygens (including phenoxy) is 1. The van der Waals surface area contributed by atoms with Gasteiger partial charge in [0, 0.05) is 13.1 Å². The van der Waals surface area contributed by atoms with Gasteiger partial charge in [-0.2, -0.15) is 0 Å². The van der Waals surface area contributed by atoms with E-state index in [1.165, 1.54) is 6.42 Å². The quantitative estimate of drug-likeness (QED) is 0.822. The van der Waals surface area contributed by atoms with Gasteiger partial charge < -0.3 is 10.5 Å². The summed E-state index contributed by atoms with van der Waals surface area (Å²) in [6, 6.07) is 0. The zero-order valence-corrected chi connectivity index (χ0v) is 13.3. The second-order valence-electron chi connectivity index (χ2n) is 7.18. The molecule has 0 aromatic rings. The first-order chi connectivity index (χ1) is 8.10. The van der Waals surface area contributed by atoms with Gasteiger partial charge in [0.25, 0.3) is 0 Å². The van der Waals surface area contributed by atoms with Crippen LogP contribution in [-0.2, 0) is 4.74 Å². The number of likely N-dealkylation sites (N-methyl/N-ethyl adjacent to an activating group) is 1. The van der Waals surface area contributed by atoms with Crippen molar-refractivity contribution < 1.29 is 4.74 Å². The summed E-state index contributed by atoms with van der Waals surface area (Å²) in [6.07, 6.45) is 2.20. The molecule has 1 fully saturated rings. The number of hydrogen-bond donors (Lipinski definition) is 1. The van der Waals surface area contributed by atoms with E-state index in [1.807, 2.05) is 0 Å². The van der Waals surface area contributed by atoms with Gasteiger partial charge in [-0.1, -0.05) is 20.3 Å². The molecule has 2 N–H and O–H groups in total. The molecular formula is C15H32N2O. The summed E-state index contributed by atoms with van der Waals surface area (Å²) in [5, 5.41) is 0. The van der Waals surface area contributed by atoms with Gasteiger partial charge in [0.2, 0.25) is 0 Å². The van der Waals surface area contributed by atoms with Crippen LogP contribution in [0.3, 0.4) is 0 Å². The van der Waals surface area contributed by atoms with Crippen molar-refractivity contribution in [2.24, 2.45) is 11.7 Å². The van der Waals surface area contributed by atoms with Gasteiger partial charge in [0.15, 0.2) is 0 Å². The SMILES string of the molecule is CCC(C)CN(C)C1(CN)CC(C)(C)OC1(C)C. The molecular weight excluding hydrogens is 224 g/mol. The maximum Gasteiger partial charge on any atom is 0.0829 e. The highest BCUT2D eigenvalue weighted by Gasteiger charge is 2.58. The highest BCUT2D eigenvalue weighted by Crippen LogP contribution is 2.47. The van der Waals surface area contributed by atoms with Crippen LogP contribution in [0.5, 0.6) is 0 Å². The van der Waals surface area contributed by atoms with E-state index < -0.39 is 0 Å². The predicted octanol–water partition coefficient (Wildman–Crippen LogP) is 2.64. The summed E-state index contributed by atoms with van der Waals surface area (Å²) in [4.78, 5) is 2.44. The van der Waals surface area contributed by atoms with Gasteiger partial charge in [-0.05, 0) is 47.1 Å². The maximum absolute atomic E-state index is 6.26. The second-order valence-corrected chi connectivity index (χ2v) is 7.18. The number of hydrogen-bond acceptors (Lipinski definition) is 3. The topological polar surface area (TPSA) is 38.5 Å². The first kappa shape index (κ1) is 15.9. The molecule has 108 valence electrons. The van der Waals surface area contributed by atoms with E-state index in [0.29, 0.717) is 12.5 Å². The Labute approximate surface area is 113 Å². The molecule has 1 heterocycles. The average molecular weight is 256 g/mol. The minimum atomic E-state index is -0.201. The average Bonchev–Trinajstić information content (AvgIpc) is 2.43. The molecule has 1 saturated heterocycles. The van der Waals surface area contributed by atoms with Crippen molar-refractivity contribution in [3.63, 3.8) is 0 Å². The molecule has 1 aliphatic rings. The van der Waals surface area contributed by atoms with Crippen molar-refractivity contribution in [2.45, 2.75) is 71.1 Å². The van der Waals surface area contributed by atoms with Crippen LogP contribution >= 0.6 is 0 Å². The van der Waals surface area contributed by atoms with Gasteiger partial charge in [0.1, 0.15) is 0 Å². The molecule has 3 heteroatoms. The fourth-order valence-corrected chi connectivity index (χ4v) is 3.58. The summed E-state index contributed by atoms with van der Waals surface area (Å²) >= 11 is 0. The Morgan fingerprint density at radius 3 is 2.17 bits per heavy atom. The third-order valence-electron chi connectivity index (χ3n) is 4.72. The minimum absolute atomic E-state index is 0.0556. The Bertz CT molecular complexity index is 288. The molecule has 1 aliphatic heterocycles. The van der Waals surface area contributed by atoms with Gasteiger partial charge in [-0.25, -0.2) is 0 Å². The first-order valence-corrected chi connectivity index (χ1v) is 7.22. The van der Waals surface area contributed by atoms with Crippen LogP contribution in [0.1, 0.15) is 54.4 Å². The second kappa shape index (κ2) is 5.10. The van der Waals surface area contributed by atoms with Crippen LogP contribution in [0.2, 0.25) is 0 Å². The lowest BCUT2D eigenvalue weighted by atomic mass is 9.77. The van der Waals surface area contributed by atoms with Crippen molar-refractivity contribution >= 4 is 0 Å². The Morgan fingerprint density at radius 2 is 1.83 bits per heavy atom. The third kappa shape index (κ3) is 2.73. The van der Waals surface area contributed by atoms with Crippen LogP contribution < -0.4 is 5.73 Å². The molecule has 2 atom stereocenters. The normalized spacial score (nSPS) is 31.8. The van der Waals surface area contributed by atoms with Gasteiger partial charge in [-0.15, -0.1) is 0 Å². The molecule has 3 nitrogen and oxygen atoms in total. The highest BCUT2D eigenvalue weighted by molar-refractivity contribution is 5.12. The maximum atomic E-state index is 6.26. The molecule has 0 aromatic carbocycles. The van der Waals surface area contributed by atoms with E-state index in [0.717, 1.165) is 13.0 Å². The van der Waals surface area contributed by atoms with Crippen molar-refractivity contribution in [3.8, 4) is 0 Å². The fraction of sp³-hybridized carbons (Fsp3) is 1.00. The zero-order valence-electron chi connectivity index (χ0n) is 13.3. The smallest absolute Gasteiger partial charge is 0.0829 e. The Balaban J connectivity index is 2.98. The van der Waals surface area contributed by atoms with Gasteiger partial charge >= 0.3 is 0 Å². The molecule has 18 heavy (non-hydrogen) atoms. The van der Waals surface area contributed by atoms with Crippen LogP contribution in [-0.4, -0.2) is 41.8 Å². The summed E-state index contributed by atoms with van der Waals surface area (Å²) in [7, 11) is 2.20. The van der Waals surface area contributed by atoms with Crippen molar-refractivity contribution in [2.75, 3.05) is 20.1 Å². The lowest BCUT2D eigenvalue weighted by Gasteiger charge is -2.46. The van der Waals surface area contributed by atoms with E-state index in [9.17, 15) is 0 Å². The van der Waals surface area contributed by atoms with E-state index >= 15 is 0 Å². The standard InChI is InChI=1S/C15H32N2O/c1-8-12(2)9-17(7)15(11-16)10-13(3,4)18-14(15,5)6/h12H,8-11,16H2,1-7H3. The lowest BCUT2D eigenvalue weighted by molar-refractivity contribution is -0.101. The Hall–Kier alpha value is -0.120. The number of nitrogens with zero attached hydrogens (tertiary/aromatic N) is 1. The van der Waals surface area contributed by atoms with Crippen molar-refractivity contribution in [1.29, 1.82) is 0 Å². The largest absolute Gasteiger partial charge is 0.368 e. The number of nitrogens with two attached hydrogens (primary N) is 1. The molecule has 2 unspecified atom stereocenters. The summed E-state index contributed by atoms with van der Waals surface area (Å²) in [6.45, 7) is 15.0. The van der Waals surface area contributed by atoms with Crippen LogP contribution in [0.15, 0.2) is 0 Å². The lowest BCUT2D eigenvalue weighted by Crippen LogP contribution is -2.62. The molecule has 1 rings (SSSR count). The number of rotatable bonds is 5. The molecule has 0 bridgehead atoms. The summed E-state index contributed by atoms with van der Waals surface area (Å²) in [5.74, 6) is 0.693. The molecule has 0 saturated carbocycles. The van der Waals surface area contributed by atoms with Crippen LogP contribution in [0.25, 0.3) is 0 Å². The summed E-state index contributed by atoms with van der Waals surface area (Å²) in [5.41, 5.74) is 5.81. The van der Waals surface area contributed by atoms with Gasteiger partial charge in [0.05, 0.1) is 16.7 Å². The van der Waals surface area contributed by atoms with Crippen molar-refractivity contribution in [3.05, 3.63) is 0 Å². The third-order valence-corrected chi connectivity index (χ3v) is 4.72. The van der Waals surface area contributed by atoms with E-state index in [4.69, 9.17) is 10.5 Å². The minimum Gasteiger partial charge on any atom is -0.368 e. The molecule has 0 aliphatic carbocycles. The summed E-state index contributed by atoms with van der Waals surface area (Å²) < 4.78 is 6.26. The fourth-order valence-electron chi connectivity index (χ4n) is 3.58. The molecule has 0 aromatic heterocycles. The van der Waals surface area contributed by atoms with Crippen molar-refractivity contribution in [1.82, 2.24) is 4.90 Å². The zero-order chi connectivity index (χ0) is 14.2. The molecule has 0 radical (unpaired) electrons. The Kier molecular flexibility index (Phi) is 4.52. The van der Waals surface area contributed by atoms with Gasteiger partial charge in [-0.3, -0.25) is 4.90 Å². The van der Waals surface area contributed by atoms with E-state index in [-0.39, 0.29) is 16.7 Å². The van der Waals surface area contributed by atoms with E-state index in [2.05, 4.69) is 53.5 Å². The molecule has 0 spiro atoms.